The van der Waals surface area contributed by atoms with Crippen LogP contribution in [0.3, 0.4) is 0 Å². The number of carbonyl (C=O) groups excluding carboxylic acids is 1. The fourth-order valence-corrected chi connectivity index (χ4v) is 3.09. The number of nitrogens with zero attached hydrogens (tertiary/aromatic N) is 3. The lowest BCUT2D eigenvalue weighted by atomic mass is 10.1. The molecule has 2 aliphatic rings. The first-order valence-electron chi connectivity index (χ1n) is 7.89. The highest BCUT2D eigenvalue weighted by Gasteiger charge is 2.34. The van der Waals surface area contributed by atoms with Gasteiger partial charge in [-0.1, -0.05) is 0 Å². The molecule has 0 aromatic carbocycles. The van der Waals surface area contributed by atoms with Crippen molar-refractivity contribution in [2.45, 2.75) is 24.9 Å². The predicted octanol–water partition coefficient (Wildman–Crippen LogP) is -0.431. The quantitative estimate of drug-likeness (QED) is 0.799. The van der Waals surface area contributed by atoms with Crippen molar-refractivity contribution >= 4 is 5.91 Å². The highest BCUT2D eigenvalue weighted by atomic mass is 16.5. The highest BCUT2D eigenvalue weighted by Crippen LogP contribution is 2.15. The molecule has 3 rings (SSSR count). The minimum absolute atomic E-state index is 0.0811. The summed E-state index contributed by atoms with van der Waals surface area (Å²) in [5.74, 6) is 0.0811. The Hall–Kier alpha value is -1.44. The zero-order chi connectivity index (χ0) is 15.4. The van der Waals surface area contributed by atoms with Crippen LogP contribution in [0.2, 0.25) is 0 Å². The van der Waals surface area contributed by atoms with Crippen molar-refractivity contribution in [3.05, 3.63) is 18.0 Å². The highest BCUT2D eigenvalue weighted by molar-refractivity contribution is 5.76. The molecule has 0 unspecified atom stereocenters. The monoisotopic (exact) mass is 308 g/mol. The summed E-state index contributed by atoms with van der Waals surface area (Å²) in [6.07, 6.45) is 4.96. The lowest BCUT2D eigenvalue weighted by Gasteiger charge is -2.34. The maximum atomic E-state index is 12.2. The molecule has 3 heterocycles. The summed E-state index contributed by atoms with van der Waals surface area (Å²) in [5.41, 5.74) is 1.09. The zero-order valence-electron chi connectivity index (χ0n) is 13.0. The Morgan fingerprint density at radius 3 is 2.91 bits per heavy atom. The Morgan fingerprint density at radius 2 is 2.18 bits per heavy atom. The smallest absolute Gasteiger partial charge is 0.220 e. The summed E-state index contributed by atoms with van der Waals surface area (Å²) in [6.45, 7) is 4.64. The molecule has 0 radical (unpaired) electrons. The molecule has 0 bridgehead atoms. The van der Waals surface area contributed by atoms with E-state index in [9.17, 15) is 4.79 Å². The Morgan fingerprint density at radius 1 is 1.36 bits per heavy atom. The third-order valence-corrected chi connectivity index (χ3v) is 4.31. The maximum absolute atomic E-state index is 12.2. The van der Waals surface area contributed by atoms with Gasteiger partial charge < -0.3 is 14.8 Å². The van der Waals surface area contributed by atoms with Gasteiger partial charge in [0.15, 0.2) is 0 Å². The van der Waals surface area contributed by atoms with E-state index in [-0.39, 0.29) is 18.0 Å². The SMILES string of the molecule is Cn1cc(CCC(=O)N[C@H]2COC[C@@H]2N2CCOCC2)cn1. The number of rotatable bonds is 5. The van der Waals surface area contributed by atoms with Crippen LogP contribution in [0.15, 0.2) is 12.4 Å². The maximum Gasteiger partial charge on any atom is 0.220 e. The first-order chi connectivity index (χ1) is 10.7. The molecule has 2 aliphatic heterocycles. The third-order valence-electron chi connectivity index (χ3n) is 4.31. The summed E-state index contributed by atoms with van der Waals surface area (Å²) in [6, 6.07) is 0.353. The molecule has 7 heteroatoms. The van der Waals surface area contributed by atoms with E-state index in [0.29, 0.717) is 19.6 Å². The summed E-state index contributed by atoms with van der Waals surface area (Å²) in [7, 11) is 1.88. The van der Waals surface area contributed by atoms with Gasteiger partial charge in [-0.15, -0.1) is 0 Å². The average Bonchev–Trinajstić information content (AvgIpc) is 3.15. The Bertz CT molecular complexity index is 499. The summed E-state index contributed by atoms with van der Waals surface area (Å²) in [4.78, 5) is 14.5. The van der Waals surface area contributed by atoms with Crippen molar-refractivity contribution in [3.63, 3.8) is 0 Å². The van der Waals surface area contributed by atoms with E-state index in [1.54, 1.807) is 4.68 Å². The van der Waals surface area contributed by atoms with Gasteiger partial charge in [0.1, 0.15) is 0 Å². The van der Waals surface area contributed by atoms with Crippen LogP contribution in [-0.2, 0) is 27.7 Å². The van der Waals surface area contributed by atoms with Crippen molar-refractivity contribution in [1.29, 1.82) is 0 Å². The normalized spacial score (nSPS) is 26.2. The van der Waals surface area contributed by atoms with E-state index in [2.05, 4.69) is 15.3 Å². The van der Waals surface area contributed by atoms with Gasteiger partial charge in [0.25, 0.3) is 0 Å². The van der Waals surface area contributed by atoms with Crippen molar-refractivity contribution in [2.24, 2.45) is 7.05 Å². The van der Waals surface area contributed by atoms with Gasteiger partial charge in [0.05, 0.1) is 44.7 Å². The number of aryl methyl sites for hydroxylation is 2. The second-order valence-electron chi connectivity index (χ2n) is 5.95. The standard InChI is InChI=1S/C15H24N4O3/c1-18-9-12(8-16-18)2-3-15(20)17-13-10-22-11-14(13)19-4-6-21-7-5-19/h8-9,13-14H,2-7,10-11H2,1H3,(H,17,20)/t13-,14-/m0/s1. The molecule has 0 aliphatic carbocycles. The summed E-state index contributed by atoms with van der Waals surface area (Å²) >= 11 is 0. The van der Waals surface area contributed by atoms with E-state index in [4.69, 9.17) is 9.47 Å². The molecule has 1 N–H and O–H groups in total. The minimum Gasteiger partial charge on any atom is -0.379 e. The number of aromatic nitrogens is 2. The number of hydrogen-bond acceptors (Lipinski definition) is 5. The van der Waals surface area contributed by atoms with Gasteiger partial charge in [-0.25, -0.2) is 0 Å². The van der Waals surface area contributed by atoms with Crippen LogP contribution < -0.4 is 5.32 Å². The Balaban J connectivity index is 1.47. The molecule has 1 amide bonds. The first kappa shape index (κ1) is 15.5. The fourth-order valence-electron chi connectivity index (χ4n) is 3.09. The summed E-state index contributed by atoms with van der Waals surface area (Å²) < 4.78 is 12.7. The molecule has 22 heavy (non-hydrogen) atoms. The molecular formula is C15H24N4O3. The Labute approximate surface area is 130 Å². The van der Waals surface area contributed by atoms with Gasteiger partial charge in [0, 0.05) is 32.8 Å². The van der Waals surface area contributed by atoms with E-state index in [0.717, 1.165) is 38.3 Å². The molecular weight excluding hydrogens is 284 g/mol. The lowest BCUT2D eigenvalue weighted by molar-refractivity contribution is -0.122. The van der Waals surface area contributed by atoms with Crippen molar-refractivity contribution < 1.29 is 14.3 Å². The average molecular weight is 308 g/mol. The van der Waals surface area contributed by atoms with E-state index in [1.165, 1.54) is 0 Å². The molecule has 2 atom stereocenters. The number of nitrogens with one attached hydrogen (secondary N) is 1. The van der Waals surface area contributed by atoms with Crippen molar-refractivity contribution in [2.75, 3.05) is 39.5 Å². The molecule has 1 aromatic heterocycles. The van der Waals surface area contributed by atoms with Crippen LogP contribution in [0.5, 0.6) is 0 Å². The number of carbonyl (C=O) groups is 1. The molecule has 122 valence electrons. The molecule has 0 spiro atoms. The summed E-state index contributed by atoms with van der Waals surface area (Å²) in [5, 5.41) is 7.25. The molecule has 2 fully saturated rings. The number of amides is 1. The van der Waals surface area contributed by atoms with Gasteiger partial charge in [-0.2, -0.15) is 5.10 Å². The van der Waals surface area contributed by atoms with Crippen LogP contribution in [0.25, 0.3) is 0 Å². The van der Waals surface area contributed by atoms with Gasteiger partial charge in [0.2, 0.25) is 5.91 Å². The Kier molecular flexibility index (Phi) is 5.07. The van der Waals surface area contributed by atoms with Crippen LogP contribution in [0, 0.1) is 0 Å². The number of morpholine rings is 1. The van der Waals surface area contributed by atoms with Crippen LogP contribution in [0.1, 0.15) is 12.0 Å². The first-order valence-corrected chi connectivity index (χ1v) is 7.89. The van der Waals surface area contributed by atoms with Crippen molar-refractivity contribution in [3.8, 4) is 0 Å². The molecule has 1 aromatic rings. The van der Waals surface area contributed by atoms with Crippen molar-refractivity contribution in [1.82, 2.24) is 20.0 Å². The fraction of sp³-hybridized carbons (Fsp3) is 0.733. The predicted molar refractivity (Wildman–Crippen MR) is 80.5 cm³/mol. The zero-order valence-corrected chi connectivity index (χ0v) is 13.0. The minimum atomic E-state index is 0.0811. The molecule has 0 saturated carbocycles. The largest absolute Gasteiger partial charge is 0.379 e. The van der Waals surface area contributed by atoms with Crippen LogP contribution in [0.4, 0.5) is 0 Å². The van der Waals surface area contributed by atoms with Crippen LogP contribution in [-0.4, -0.2) is 72.2 Å². The van der Waals surface area contributed by atoms with Gasteiger partial charge >= 0.3 is 0 Å². The lowest BCUT2D eigenvalue weighted by Crippen LogP contribution is -2.54. The second-order valence-corrected chi connectivity index (χ2v) is 5.95. The molecule has 7 nitrogen and oxygen atoms in total. The van der Waals surface area contributed by atoms with E-state index >= 15 is 0 Å². The van der Waals surface area contributed by atoms with E-state index < -0.39 is 0 Å². The number of ether oxygens (including phenoxy) is 2. The van der Waals surface area contributed by atoms with Crippen LogP contribution >= 0.6 is 0 Å². The van der Waals surface area contributed by atoms with Gasteiger partial charge in [-0.3, -0.25) is 14.4 Å². The topological polar surface area (TPSA) is 68.6 Å². The molecule has 2 saturated heterocycles. The van der Waals surface area contributed by atoms with Gasteiger partial charge in [-0.05, 0) is 12.0 Å². The third kappa shape index (κ3) is 3.85. The second kappa shape index (κ2) is 7.21. The van der Waals surface area contributed by atoms with E-state index in [1.807, 2.05) is 19.4 Å². The number of hydrogen-bond donors (Lipinski definition) is 1.